The van der Waals surface area contributed by atoms with Crippen LogP contribution in [0, 0.1) is 11.9 Å². The average molecular weight is 690 g/mol. The fourth-order valence-electron chi connectivity index (χ4n) is 2.79. The Morgan fingerprint density at radius 3 is 1.54 bits per heavy atom. The minimum absolute atomic E-state index is 0. The summed E-state index contributed by atoms with van der Waals surface area (Å²) in [5.41, 5.74) is 3.37. The molecule has 0 amide bonds. The number of rotatable bonds is 1. The van der Waals surface area contributed by atoms with E-state index in [4.69, 9.17) is 0 Å². The third kappa shape index (κ3) is 10.4. The van der Waals surface area contributed by atoms with Gasteiger partial charge in [0, 0.05) is 55.3 Å². The molecule has 187 valence electrons. The molecule has 0 unspecified atom stereocenters. The number of benzene rings is 2. The number of aromatic nitrogens is 3. The topological polar surface area (TPSA) is 38.7 Å². The third-order valence-corrected chi connectivity index (χ3v) is 4.04. The van der Waals surface area contributed by atoms with Crippen molar-refractivity contribution in [2.75, 3.05) is 0 Å². The van der Waals surface area contributed by atoms with E-state index in [2.05, 4.69) is 45.3 Å². The van der Waals surface area contributed by atoms with Crippen molar-refractivity contribution in [1.29, 1.82) is 0 Å². The van der Waals surface area contributed by atoms with E-state index < -0.39 is 7.81 Å². The zero-order valence-electron chi connectivity index (χ0n) is 17.4. The summed E-state index contributed by atoms with van der Waals surface area (Å²) >= 11 is 0. The van der Waals surface area contributed by atoms with Crippen LogP contribution >= 0.6 is 7.81 Å². The normalized spacial score (nSPS) is 12.7. The van der Waals surface area contributed by atoms with Crippen molar-refractivity contribution in [3.05, 3.63) is 103 Å². The molecule has 35 heavy (non-hydrogen) atoms. The molecule has 3 aromatic heterocycles. The van der Waals surface area contributed by atoms with Gasteiger partial charge in [-0.05, 0) is 23.9 Å². The van der Waals surface area contributed by atoms with Gasteiger partial charge < -0.3 is 4.98 Å². The predicted molar refractivity (Wildman–Crippen MR) is 119 cm³/mol. The Balaban J connectivity index is 0.000000194. The zero-order valence-corrected chi connectivity index (χ0v) is 20.7. The Morgan fingerprint density at radius 1 is 0.571 bits per heavy atom. The minimum atomic E-state index is -10.7. The number of fused-ring (bicyclic) bond motifs is 3. The van der Waals surface area contributed by atoms with E-state index in [1.165, 1.54) is 6.07 Å². The maximum atomic E-state index is 12.8. The van der Waals surface area contributed by atoms with Gasteiger partial charge in [-0.25, -0.2) is 4.39 Å². The van der Waals surface area contributed by atoms with E-state index in [9.17, 15) is 29.6 Å². The molecule has 1 radical (unpaired) electrons. The van der Waals surface area contributed by atoms with E-state index in [1.54, 1.807) is 30.7 Å². The van der Waals surface area contributed by atoms with Crippen molar-refractivity contribution in [3.8, 4) is 11.3 Å². The Morgan fingerprint density at radius 2 is 1.09 bits per heavy atom. The van der Waals surface area contributed by atoms with Crippen LogP contribution < -0.4 is 0 Å². The first-order valence-corrected chi connectivity index (χ1v) is 11.5. The number of pyridine rings is 3. The molecule has 5 rings (SSSR count). The van der Waals surface area contributed by atoms with Gasteiger partial charge in [-0.15, -0.1) is 29.8 Å². The Labute approximate surface area is 208 Å². The van der Waals surface area contributed by atoms with Gasteiger partial charge in [0.25, 0.3) is 0 Å². The van der Waals surface area contributed by atoms with Gasteiger partial charge in [-0.2, -0.15) is 0 Å². The van der Waals surface area contributed by atoms with Gasteiger partial charge >= 0.3 is 33.0 Å². The molecule has 12 heteroatoms. The molecule has 0 bridgehead atoms. The first-order chi connectivity index (χ1) is 15.8. The molecule has 5 aromatic rings. The summed E-state index contributed by atoms with van der Waals surface area (Å²) in [5, 5.41) is 2.28. The minimum Gasteiger partial charge on any atom is -0.305 e. The van der Waals surface area contributed by atoms with E-state index in [0.717, 1.165) is 27.5 Å². The summed E-state index contributed by atoms with van der Waals surface area (Å²) in [6, 6.07) is 25.0. The molecule has 0 aliphatic carbocycles. The molecule has 0 N–H and O–H groups in total. The SMILES string of the molecule is F[P-](F)(F)(F)(F)F.Fc1[c-]c(-c2ccccn2)ccc1.[Ir].c1cnc2c(c1)ccc1cccnc12. The van der Waals surface area contributed by atoms with E-state index in [0.29, 0.717) is 5.56 Å². The molecular formula is C23H15F7IrN3P-2. The average Bonchev–Trinajstić information content (AvgIpc) is 2.78. The summed E-state index contributed by atoms with van der Waals surface area (Å²) in [4.78, 5) is 12.8. The first kappa shape index (κ1) is 28.2. The number of hydrogen-bond acceptors (Lipinski definition) is 3. The van der Waals surface area contributed by atoms with Gasteiger partial charge in [0.2, 0.25) is 0 Å². The van der Waals surface area contributed by atoms with Gasteiger partial charge in [0.05, 0.1) is 11.0 Å². The van der Waals surface area contributed by atoms with Gasteiger partial charge in [-0.3, -0.25) is 9.97 Å². The maximum absolute atomic E-state index is 12.8. The molecule has 0 aliphatic rings. The standard InChI is InChI=1S/C12H8N2.C11H7FN.F6P.Ir/c1-3-9-5-6-10-4-2-8-14-12(10)11(9)13-7-1;12-10-5-3-4-9(8-10)11-6-1-2-7-13-11;1-7(2,3,4,5)6;/h1-8H;1-7H;;/q;2*-1;. The number of halogens is 7. The van der Waals surface area contributed by atoms with Crippen LogP contribution in [0.4, 0.5) is 29.6 Å². The number of nitrogens with zero attached hydrogens (tertiary/aromatic N) is 3. The van der Waals surface area contributed by atoms with Crippen LogP contribution in [0.25, 0.3) is 33.1 Å². The van der Waals surface area contributed by atoms with Crippen LogP contribution in [-0.2, 0) is 20.1 Å². The van der Waals surface area contributed by atoms with Gasteiger partial charge in [-0.1, -0.05) is 36.4 Å². The molecule has 0 saturated heterocycles. The van der Waals surface area contributed by atoms with Crippen molar-refractivity contribution in [3.63, 3.8) is 0 Å². The zero-order chi connectivity index (χ0) is 24.9. The fourth-order valence-corrected chi connectivity index (χ4v) is 2.79. The summed E-state index contributed by atoms with van der Waals surface area (Å²) in [5.74, 6) is -0.358. The van der Waals surface area contributed by atoms with E-state index in [1.807, 2.05) is 30.3 Å². The Hall–Kier alpha value is -3.00. The Bertz CT molecular complexity index is 1350. The summed E-state index contributed by atoms with van der Waals surface area (Å²) in [6.45, 7) is 0. The second kappa shape index (κ2) is 10.3. The largest absolute Gasteiger partial charge is 0.305 e. The predicted octanol–water partition coefficient (Wildman–Crippen LogP) is 8.85. The molecule has 0 aliphatic heterocycles. The second-order valence-electron chi connectivity index (χ2n) is 6.80. The van der Waals surface area contributed by atoms with Crippen molar-refractivity contribution in [2.45, 2.75) is 0 Å². The van der Waals surface area contributed by atoms with Crippen molar-refractivity contribution < 1.29 is 49.7 Å². The smallest absolute Gasteiger partial charge is 0.0964 e. The molecular weight excluding hydrogens is 674 g/mol. The molecule has 2 aromatic carbocycles. The molecule has 3 nitrogen and oxygen atoms in total. The fraction of sp³-hybridized carbons (Fsp3) is 0. The van der Waals surface area contributed by atoms with Crippen molar-refractivity contribution in [2.24, 2.45) is 0 Å². The quantitative estimate of drug-likeness (QED) is 0.0765. The van der Waals surface area contributed by atoms with E-state index in [-0.39, 0.29) is 25.9 Å². The molecule has 0 fully saturated rings. The van der Waals surface area contributed by atoms with Gasteiger partial charge in [0.15, 0.2) is 0 Å². The second-order valence-corrected chi connectivity index (χ2v) is 8.72. The van der Waals surface area contributed by atoms with Crippen LogP contribution in [0.1, 0.15) is 0 Å². The van der Waals surface area contributed by atoms with Crippen molar-refractivity contribution in [1.82, 2.24) is 15.0 Å². The molecule has 0 spiro atoms. The summed E-state index contributed by atoms with van der Waals surface area (Å²) in [7, 11) is -10.7. The maximum Gasteiger partial charge on any atom is 0.0964 e. The van der Waals surface area contributed by atoms with Crippen LogP contribution in [0.2, 0.25) is 0 Å². The van der Waals surface area contributed by atoms with Crippen LogP contribution in [0.15, 0.2) is 91.4 Å². The number of hydrogen-bond donors (Lipinski definition) is 0. The molecule has 0 saturated carbocycles. The summed E-state index contributed by atoms with van der Waals surface area (Å²) in [6.07, 6.45) is 5.28. The monoisotopic (exact) mass is 690 g/mol. The van der Waals surface area contributed by atoms with Crippen LogP contribution in [-0.4, -0.2) is 15.0 Å². The Kier molecular flexibility index (Phi) is 8.32. The van der Waals surface area contributed by atoms with Crippen molar-refractivity contribution >= 4 is 29.6 Å². The molecule has 3 heterocycles. The molecule has 0 atom stereocenters. The van der Waals surface area contributed by atoms with Crippen LogP contribution in [0.5, 0.6) is 0 Å². The van der Waals surface area contributed by atoms with E-state index >= 15 is 0 Å². The third-order valence-electron chi connectivity index (χ3n) is 4.04. The first-order valence-electron chi connectivity index (χ1n) is 9.50. The van der Waals surface area contributed by atoms with Gasteiger partial charge in [0.1, 0.15) is 0 Å². The summed E-state index contributed by atoms with van der Waals surface area (Å²) < 4.78 is 72.0. The van der Waals surface area contributed by atoms with Crippen LogP contribution in [0.3, 0.4) is 0 Å².